The van der Waals surface area contributed by atoms with Gasteiger partial charge in [-0.25, -0.2) is 4.79 Å². The molecule has 118 valence electrons. The van der Waals surface area contributed by atoms with Gasteiger partial charge in [0, 0.05) is 18.9 Å². The van der Waals surface area contributed by atoms with Crippen LogP contribution in [0.2, 0.25) is 0 Å². The standard InChI is InChI=1S/C12H18NO7P/c1-3-18-21(17,19-4-2)9-5-6-12(16)20-13-10(14)7-8-11(13)15/h5-6H,3-4,7-9H2,1-2H3/b6-5+. The van der Waals surface area contributed by atoms with E-state index in [0.29, 0.717) is 5.06 Å². The summed E-state index contributed by atoms with van der Waals surface area (Å²) in [6.07, 6.45) is 2.19. The number of carbonyl (C=O) groups excluding carboxylic acids is 3. The fourth-order valence-corrected chi connectivity index (χ4v) is 3.03. The summed E-state index contributed by atoms with van der Waals surface area (Å²) in [6.45, 7) is 3.78. The average Bonchev–Trinajstić information content (AvgIpc) is 2.71. The summed E-state index contributed by atoms with van der Waals surface area (Å²) >= 11 is 0. The van der Waals surface area contributed by atoms with Crippen molar-refractivity contribution in [3.05, 3.63) is 12.2 Å². The predicted octanol–water partition coefficient (Wildman–Crippen LogP) is 1.42. The first-order chi connectivity index (χ1) is 9.91. The highest BCUT2D eigenvalue weighted by atomic mass is 31.2. The van der Waals surface area contributed by atoms with Crippen LogP contribution < -0.4 is 0 Å². The Morgan fingerprint density at radius 1 is 1.19 bits per heavy atom. The molecule has 0 atom stereocenters. The number of amides is 2. The Hall–Kier alpha value is -1.50. The maximum atomic E-state index is 12.1. The van der Waals surface area contributed by atoms with Crippen molar-refractivity contribution >= 4 is 25.4 Å². The second kappa shape index (κ2) is 8.07. The Balaban J connectivity index is 2.52. The molecular formula is C12H18NO7P. The van der Waals surface area contributed by atoms with Gasteiger partial charge in [-0.2, -0.15) is 0 Å². The lowest BCUT2D eigenvalue weighted by Crippen LogP contribution is -2.31. The van der Waals surface area contributed by atoms with E-state index in [9.17, 15) is 18.9 Å². The molecule has 0 radical (unpaired) electrons. The van der Waals surface area contributed by atoms with Crippen LogP contribution in [0.4, 0.5) is 0 Å². The number of hydrogen-bond donors (Lipinski definition) is 0. The van der Waals surface area contributed by atoms with Gasteiger partial charge in [0.2, 0.25) is 0 Å². The number of imide groups is 1. The number of hydroxylamine groups is 2. The zero-order chi connectivity index (χ0) is 15.9. The van der Waals surface area contributed by atoms with Crippen molar-refractivity contribution in [3.8, 4) is 0 Å². The summed E-state index contributed by atoms with van der Waals surface area (Å²) in [4.78, 5) is 38.6. The summed E-state index contributed by atoms with van der Waals surface area (Å²) in [5, 5.41) is 0.442. The Kier molecular flexibility index (Phi) is 6.74. The van der Waals surface area contributed by atoms with Crippen LogP contribution in [0.3, 0.4) is 0 Å². The highest BCUT2D eigenvalue weighted by Gasteiger charge is 2.32. The third-order valence-corrected chi connectivity index (χ3v) is 4.38. The summed E-state index contributed by atoms with van der Waals surface area (Å²) in [5.41, 5.74) is 0. The average molecular weight is 319 g/mol. The molecule has 2 amide bonds. The largest absolute Gasteiger partial charge is 0.356 e. The van der Waals surface area contributed by atoms with Crippen molar-refractivity contribution in [2.75, 3.05) is 19.4 Å². The van der Waals surface area contributed by atoms with Crippen LogP contribution in [0, 0.1) is 0 Å². The van der Waals surface area contributed by atoms with E-state index in [-0.39, 0.29) is 32.2 Å². The first-order valence-electron chi connectivity index (χ1n) is 6.54. The first kappa shape index (κ1) is 17.6. The Bertz CT molecular complexity index is 462. The minimum absolute atomic E-state index is 0.0275. The first-order valence-corrected chi connectivity index (χ1v) is 8.27. The Morgan fingerprint density at radius 3 is 2.19 bits per heavy atom. The van der Waals surface area contributed by atoms with Crippen LogP contribution >= 0.6 is 7.60 Å². The van der Waals surface area contributed by atoms with Crippen LogP contribution in [0.15, 0.2) is 12.2 Å². The van der Waals surface area contributed by atoms with Crippen LogP contribution in [0.25, 0.3) is 0 Å². The number of rotatable bonds is 8. The zero-order valence-corrected chi connectivity index (χ0v) is 12.8. The Morgan fingerprint density at radius 2 is 1.71 bits per heavy atom. The summed E-state index contributed by atoms with van der Waals surface area (Å²) < 4.78 is 22.1. The summed E-state index contributed by atoms with van der Waals surface area (Å²) in [7, 11) is -3.28. The molecule has 0 bridgehead atoms. The van der Waals surface area contributed by atoms with Gasteiger partial charge in [0.25, 0.3) is 11.8 Å². The van der Waals surface area contributed by atoms with Gasteiger partial charge in [-0.15, -0.1) is 5.06 Å². The molecule has 1 aliphatic rings. The normalized spacial score (nSPS) is 16.0. The van der Waals surface area contributed by atoms with E-state index >= 15 is 0 Å². The molecule has 0 saturated carbocycles. The van der Waals surface area contributed by atoms with Gasteiger partial charge in [-0.3, -0.25) is 14.2 Å². The molecule has 1 heterocycles. The molecule has 0 aliphatic carbocycles. The third kappa shape index (κ3) is 5.41. The molecule has 0 spiro atoms. The van der Waals surface area contributed by atoms with Gasteiger partial charge < -0.3 is 13.9 Å². The molecule has 0 aromatic rings. The fourth-order valence-electron chi connectivity index (χ4n) is 1.59. The second-order valence-corrected chi connectivity index (χ2v) is 6.13. The van der Waals surface area contributed by atoms with Crippen molar-refractivity contribution in [1.82, 2.24) is 5.06 Å². The molecule has 1 saturated heterocycles. The molecule has 0 aromatic heterocycles. The molecule has 0 aromatic carbocycles. The van der Waals surface area contributed by atoms with Crippen LogP contribution in [-0.2, 0) is 32.8 Å². The molecule has 0 unspecified atom stereocenters. The zero-order valence-electron chi connectivity index (χ0n) is 11.9. The van der Waals surface area contributed by atoms with E-state index in [0.717, 1.165) is 6.08 Å². The van der Waals surface area contributed by atoms with Crippen LogP contribution in [-0.4, -0.2) is 42.2 Å². The summed E-state index contributed by atoms with van der Waals surface area (Å²) in [6, 6.07) is 0. The van der Waals surface area contributed by atoms with Gasteiger partial charge in [0.1, 0.15) is 0 Å². The minimum Gasteiger partial charge on any atom is -0.326 e. The number of nitrogens with zero attached hydrogens (tertiary/aromatic N) is 1. The van der Waals surface area contributed by atoms with Crippen molar-refractivity contribution in [2.24, 2.45) is 0 Å². The Labute approximate surface area is 122 Å². The van der Waals surface area contributed by atoms with E-state index in [1.807, 2.05) is 0 Å². The molecule has 0 N–H and O–H groups in total. The van der Waals surface area contributed by atoms with E-state index < -0.39 is 25.4 Å². The van der Waals surface area contributed by atoms with Gasteiger partial charge in [0.05, 0.1) is 19.4 Å². The lowest BCUT2D eigenvalue weighted by Gasteiger charge is -2.14. The molecular weight excluding hydrogens is 301 g/mol. The second-order valence-electron chi connectivity index (χ2n) is 4.02. The quantitative estimate of drug-likeness (QED) is 0.379. The van der Waals surface area contributed by atoms with Gasteiger partial charge in [-0.1, -0.05) is 6.08 Å². The van der Waals surface area contributed by atoms with E-state index in [1.165, 1.54) is 6.08 Å². The van der Waals surface area contributed by atoms with E-state index in [4.69, 9.17) is 9.05 Å². The topological polar surface area (TPSA) is 99.2 Å². The number of carbonyl (C=O) groups is 3. The number of hydrogen-bond acceptors (Lipinski definition) is 7. The smallest absolute Gasteiger partial charge is 0.326 e. The highest BCUT2D eigenvalue weighted by molar-refractivity contribution is 7.54. The maximum absolute atomic E-state index is 12.1. The molecule has 8 nitrogen and oxygen atoms in total. The predicted molar refractivity (Wildman–Crippen MR) is 72.0 cm³/mol. The van der Waals surface area contributed by atoms with Crippen molar-refractivity contribution in [3.63, 3.8) is 0 Å². The lowest BCUT2D eigenvalue weighted by atomic mass is 10.4. The SMILES string of the molecule is CCOP(=O)(C/C=C/C(=O)ON1C(=O)CCC1=O)OCC. The van der Waals surface area contributed by atoms with Crippen molar-refractivity contribution in [1.29, 1.82) is 0 Å². The molecule has 1 rings (SSSR count). The summed E-state index contributed by atoms with van der Waals surface area (Å²) in [5.74, 6) is -2.02. The molecule has 9 heteroatoms. The highest BCUT2D eigenvalue weighted by Crippen LogP contribution is 2.47. The van der Waals surface area contributed by atoms with Gasteiger partial charge in [-0.05, 0) is 13.8 Å². The minimum atomic E-state index is -3.28. The third-order valence-electron chi connectivity index (χ3n) is 2.42. The van der Waals surface area contributed by atoms with Gasteiger partial charge in [0.15, 0.2) is 0 Å². The van der Waals surface area contributed by atoms with Crippen molar-refractivity contribution in [2.45, 2.75) is 26.7 Å². The lowest BCUT2D eigenvalue weighted by molar-refractivity contribution is -0.193. The number of allylic oxidation sites excluding steroid dienone is 1. The van der Waals surface area contributed by atoms with Crippen molar-refractivity contribution < 1.29 is 32.8 Å². The van der Waals surface area contributed by atoms with E-state index in [2.05, 4.69) is 4.84 Å². The van der Waals surface area contributed by atoms with Crippen LogP contribution in [0.5, 0.6) is 0 Å². The monoisotopic (exact) mass is 319 g/mol. The van der Waals surface area contributed by atoms with E-state index in [1.54, 1.807) is 13.8 Å². The maximum Gasteiger partial charge on any atom is 0.356 e. The van der Waals surface area contributed by atoms with Gasteiger partial charge >= 0.3 is 13.6 Å². The molecule has 1 fully saturated rings. The fraction of sp³-hybridized carbons (Fsp3) is 0.583. The van der Waals surface area contributed by atoms with Crippen LogP contribution in [0.1, 0.15) is 26.7 Å². The molecule has 1 aliphatic heterocycles. The molecule has 21 heavy (non-hydrogen) atoms.